The summed E-state index contributed by atoms with van der Waals surface area (Å²) in [5.74, 6) is 0.725. The van der Waals surface area contributed by atoms with Crippen LogP contribution in [-0.4, -0.2) is 49.8 Å². The Morgan fingerprint density at radius 1 is 1.10 bits per heavy atom. The average Bonchev–Trinajstić information content (AvgIpc) is 2.77. The van der Waals surface area contributed by atoms with E-state index in [-0.39, 0.29) is 12.0 Å². The first-order chi connectivity index (χ1) is 14.3. The second kappa shape index (κ2) is 9.90. The molecule has 0 saturated carbocycles. The molecule has 0 aliphatic carbocycles. The SMILES string of the molecule is O=C(NCCCN1CCc2ccccc2C1)c1cccc(OC2CCOCC2)c1. The van der Waals surface area contributed by atoms with E-state index in [2.05, 4.69) is 34.5 Å². The molecule has 5 heteroatoms. The molecule has 154 valence electrons. The van der Waals surface area contributed by atoms with Crippen molar-refractivity contribution in [2.75, 3.05) is 32.8 Å². The molecule has 0 atom stereocenters. The Morgan fingerprint density at radius 3 is 2.79 bits per heavy atom. The van der Waals surface area contributed by atoms with Crippen LogP contribution in [0.25, 0.3) is 0 Å². The van der Waals surface area contributed by atoms with Crippen LogP contribution in [0.2, 0.25) is 0 Å². The van der Waals surface area contributed by atoms with Gasteiger partial charge < -0.3 is 14.8 Å². The first-order valence-electron chi connectivity index (χ1n) is 10.7. The lowest BCUT2D eigenvalue weighted by Gasteiger charge is -2.28. The first kappa shape index (κ1) is 19.9. The van der Waals surface area contributed by atoms with Gasteiger partial charge in [-0.05, 0) is 42.2 Å². The third-order valence-corrected chi connectivity index (χ3v) is 5.71. The van der Waals surface area contributed by atoms with Gasteiger partial charge in [-0.3, -0.25) is 9.69 Å². The number of rotatable bonds is 7. The number of fused-ring (bicyclic) bond motifs is 1. The predicted octanol–water partition coefficient (Wildman–Crippen LogP) is 3.42. The highest BCUT2D eigenvalue weighted by Gasteiger charge is 2.17. The van der Waals surface area contributed by atoms with Crippen LogP contribution in [0.1, 0.15) is 40.7 Å². The number of carbonyl (C=O) groups excluding carboxylic acids is 1. The lowest BCUT2D eigenvalue weighted by atomic mass is 10.00. The van der Waals surface area contributed by atoms with E-state index in [1.165, 1.54) is 11.1 Å². The number of carbonyl (C=O) groups is 1. The van der Waals surface area contributed by atoms with Crippen LogP contribution in [0.3, 0.4) is 0 Å². The maximum Gasteiger partial charge on any atom is 0.251 e. The van der Waals surface area contributed by atoms with Crippen LogP contribution in [0.5, 0.6) is 5.75 Å². The number of ether oxygens (including phenoxy) is 2. The van der Waals surface area contributed by atoms with Crippen molar-refractivity contribution in [3.63, 3.8) is 0 Å². The lowest BCUT2D eigenvalue weighted by Crippen LogP contribution is -2.33. The molecule has 4 rings (SSSR count). The van der Waals surface area contributed by atoms with Crippen molar-refractivity contribution in [2.45, 2.75) is 38.3 Å². The molecule has 1 saturated heterocycles. The van der Waals surface area contributed by atoms with Gasteiger partial charge in [0.05, 0.1) is 13.2 Å². The molecule has 2 aromatic rings. The maximum absolute atomic E-state index is 12.5. The van der Waals surface area contributed by atoms with E-state index >= 15 is 0 Å². The monoisotopic (exact) mass is 394 g/mol. The van der Waals surface area contributed by atoms with Gasteiger partial charge in [-0.2, -0.15) is 0 Å². The molecule has 0 bridgehead atoms. The molecule has 1 N–H and O–H groups in total. The van der Waals surface area contributed by atoms with Gasteiger partial charge >= 0.3 is 0 Å². The fourth-order valence-electron chi connectivity index (χ4n) is 4.05. The molecule has 5 nitrogen and oxygen atoms in total. The fraction of sp³-hybridized carbons (Fsp3) is 0.458. The molecule has 2 heterocycles. The number of hydrogen-bond donors (Lipinski definition) is 1. The van der Waals surface area contributed by atoms with Gasteiger partial charge in [0.1, 0.15) is 11.9 Å². The van der Waals surface area contributed by atoms with Gasteiger partial charge in [0, 0.05) is 44.6 Å². The molecule has 0 aromatic heterocycles. The smallest absolute Gasteiger partial charge is 0.251 e. The molecule has 2 aromatic carbocycles. The molecule has 0 unspecified atom stereocenters. The van der Waals surface area contributed by atoms with Gasteiger partial charge in [-0.25, -0.2) is 0 Å². The van der Waals surface area contributed by atoms with Crippen molar-refractivity contribution < 1.29 is 14.3 Å². The van der Waals surface area contributed by atoms with Crippen LogP contribution in [-0.2, 0) is 17.7 Å². The zero-order valence-corrected chi connectivity index (χ0v) is 16.9. The molecule has 1 amide bonds. The summed E-state index contributed by atoms with van der Waals surface area (Å²) in [6.07, 6.45) is 4.04. The Morgan fingerprint density at radius 2 is 1.93 bits per heavy atom. The van der Waals surface area contributed by atoms with Crippen molar-refractivity contribution in [3.05, 3.63) is 65.2 Å². The maximum atomic E-state index is 12.5. The Kier molecular flexibility index (Phi) is 6.80. The second-order valence-corrected chi connectivity index (χ2v) is 7.86. The number of nitrogens with one attached hydrogen (secondary N) is 1. The lowest BCUT2D eigenvalue weighted by molar-refractivity contribution is 0.0255. The van der Waals surface area contributed by atoms with E-state index in [1.54, 1.807) is 0 Å². The summed E-state index contributed by atoms with van der Waals surface area (Å²) in [7, 11) is 0. The molecule has 1 fully saturated rings. The van der Waals surface area contributed by atoms with Crippen LogP contribution in [0.4, 0.5) is 0 Å². The summed E-state index contributed by atoms with van der Waals surface area (Å²) in [5, 5.41) is 3.05. The van der Waals surface area contributed by atoms with Gasteiger partial charge in [0.15, 0.2) is 0 Å². The highest BCUT2D eigenvalue weighted by Crippen LogP contribution is 2.20. The van der Waals surface area contributed by atoms with Crippen LogP contribution in [0.15, 0.2) is 48.5 Å². The average molecular weight is 395 g/mol. The van der Waals surface area contributed by atoms with E-state index < -0.39 is 0 Å². The second-order valence-electron chi connectivity index (χ2n) is 7.86. The standard InChI is InChI=1S/C24H30N2O3/c27-24(20-7-3-8-23(17-20)29-22-10-15-28-16-11-22)25-12-4-13-26-14-9-19-5-1-2-6-21(19)18-26/h1-3,5-8,17,22H,4,9-16,18H2,(H,25,27). The van der Waals surface area contributed by atoms with Crippen molar-refractivity contribution in [3.8, 4) is 5.75 Å². The van der Waals surface area contributed by atoms with Crippen molar-refractivity contribution >= 4 is 5.91 Å². The minimum Gasteiger partial charge on any atom is -0.490 e. The summed E-state index contributed by atoms with van der Waals surface area (Å²) in [6, 6.07) is 16.2. The molecular formula is C24H30N2O3. The Balaban J connectivity index is 1.20. The summed E-state index contributed by atoms with van der Waals surface area (Å²) >= 11 is 0. The fourth-order valence-corrected chi connectivity index (χ4v) is 4.05. The number of hydrogen-bond acceptors (Lipinski definition) is 4. The molecule has 0 spiro atoms. The highest BCUT2D eigenvalue weighted by molar-refractivity contribution is 5.94. The normalized spacial score (nSPS) is 17.5. The van der Waals surface area contributed by atoms with E-state index in [0.29, 0.717) is 12.1 Å². The molecule has 2 aliphatic rings. The Labute approximate surface area is 173 Å². The van der Waals surface area contributed by atoms with Crippen LogP contribution < -0.4 is 10.1 Å². The van der Waals surface area contributed by atoms with Crippen LogP contribution in [0, 0.1) is 0 Å². The van der Waals surface area contributed by atoms with Gasteiger partial charge in [0.25, 0.3) is 5.91 Å². The minimum absolute atomic E-state index is 0.0357. The van der Waals surface area contributed by atoms with Crippen molar-refractivity contribution in [1.82, 2.24) is 10.2 Å². The van der Waals surface area contributed by atoms with Gasteiger partial charge in [-0.15, -0.1) is 0 Å². The van der Waals surface area contributed by atoms with E-state index in [4.69, 9.17) is 9.47 Å². The van der Waals surface area contributed by atoms with Gasteiger partial charge in [-0.1, -0.05) is 30.3 Å². The molecule has 0 radical (unpaired) electrons. The van der Waals surface area contributed by atoms with Crippen molar-refractivity contribution in [1.29, 1.82) is 0 Å². The predicted molar refractivity (Wildman–Crippen MR) is 113 cm³/mol. The van der Waals surface area contributed by atoms with Crippen LogP contribution >= 0.6 is 0 Å². The molecular weight excluding hydrogens is 364 g/mol. The summed E-state index contributed by atoms with van der Waals surface area (Å²) in [5.41, 5.74) is 3.56. The molecule has 2 aliphatic heterocycles. The number of nitrogens with zero attached hydrogens (tertiary/aromatic N) is 1. The zero-order valence-electron chi connectivity index (χ0n) is 16.9. The quantitative estimate of drug-likeness (QED) is 0.731. The van der Waals surface area contributed by atoms with Gasteiger partial charge in [0.2, 0.25) is 0 Å². The third-order valence-electron chi connectivity index (χ3n) is 5.71. The van der Waals surface area contributed by atoms with E-state index in [0.717, 1.165) is 64.3 Å². The largest absolute Gasteiger partial charge is 0.490 e. The topological polar surface area (TPSA) is 50.8 Å². The van der Waals surface area contributed by atoms with E-state index in [9.17, 15) is 4.79 Å². The molecule has 29 heavy (non-hydrogen) atoms. The third kappa shape index (κ3) is 5.58. The summed E-state index contributed by atoms with van der Waals surface area (Å²) < 4.78 is 11.4. The highest BCUT2D eigenvalue weighted by atomic mass is 16.5. The Bertz CT molecular complexity index is 817. The first-order valence-corrected chi connectivity index (χ1v) is 10.7. The minimum atomic E-state index is -0.0357. The summed E-state index contributed by atoms with van der Waals surface area (Å²) in [6.45, 7) is 5.27. The number of benzene rings is 2. The van der Waals surface area contributed by atoms with Crippen molar-refractivity contribution in [2.24, 2.45) is 0 Å². The zero-order chi connectivity index (χ0) is 19.9. The number of amides is 1. The summed E-state index contributed by atoms with van der Waals surface area (Å²) in [4.78, 5) is 15.0. The van der Waals surface area contributed by atoms with E-state index in [1.807, 2.05) is 24.3 Å². The Hall–Kier alpha value is -2.37.